The second kappa shape index (κ2) is 19.9. The van der Waals surface area contributed by atoms with Gasteiger partial charge < -0.3 is 88.2 Å². The molecule has 0 radical (unpaired) electrons. The molecule has 5 heterocycles. The zero-order valence-electron chi connectivity index (χ0n) is 41.6. The summed E-state index contributed by atoms with van der Waals surface area (Å²) in [5.41, 5.74) is 0.529. The van der Waals surface area contributed by atoms with Crippen LogP contribution in [0, 0.1) is 39.4 Å². The highest BCUT2D eigenvalue weighted by Crippen LogP contribution is 2.76. The number of carbonyl (C=O) groups excluding carboxylic acids is 1. The quantitative estimate of drug-likeness (QED) is 0.0615. The van der Waals surface area contributed by atoms with E-state index in [4.69, 9.17) is 51.6 Å². The van der Waals surface area contributed by atoms with E-state index >= 15 is 0 Å². The van der Waals surface area contributed by atoms with E-state index in [1.807, 2.05) is 6.92 Å². The van der Waals surface area contributed by atoms with Gasteiger partial charge in [-0.1, -0.05) is 51.5 Å². The van der Waals surface area contributed by atoms with Crippen LogP contribution in [0.2, 0.25) is 0 Å². The zero-order valence-corrected chi connectivity index (χ0v) is 42.4. The lowest BCUT2D eigenvalue weighted by molar-refractivity contribution is -0.386. The average molecular weight is 1050 g/mol. The first kappa shape index (κ1) is 54.9. The van der Waals surface area contributed by atoms with Crippen LogP contribution in [0.3, 0.4) is 0 Å². The summed E-state index contributed by atoms with van der Waals surface area (Å²) in [7, 11) is -3.88. The number of rotatable bonds is 13. The maximum Gasteiger partial charge on any atom is 0.397 e. The monoisotopic (exact) mass is 1050 g/mol. The number of hydrogen-bond acceptors (Lipinski definition) is 22. The summed E-state index contributed by atoms with van der Waals surface area (Å²) < 4.78 is 97.1. The summed E-state index contributed by atoms with van der Waals surface area (Å²) in [4.78, 5) is 13.7. The molecule has 410 valence electrons. The Kier molecular flexibility index (Phi) is 15.1. The number of aliphatic hydroxyl groups excluding tert-OH is 8. The fourth-order valence-electron chi connectivity index (χ4n) is 14.9. The van der Waals surface area contributed by atoms with Crippen LogP contribution in [-0.2, 0) is 66.7 Å². The van der Waals surface area contributed by atoms with E-state index in [1.165, 1.54) is 19.6 Å². The molecule has 8 fully saturated rings. The highest BCUT2D eigenvalue weighted by Gasteiger charge is 2.76. The lowest BCUT2D eigenvalue weighted by atomic mass is 9.40. The Hall–Kier alpha value is -1.86. The van der Waals surface area contributed by atoms with Gasteiger partial charge in [0.25, 0.3) is 0 Å². The molecule has 0 aromatic rings. The molecule has 9 rings (SSSR count). The smallest absolute Gasteiger partial charge is 0.397 e. The summed E-state index contributed by atoms with van der Waals surface area (Å²) in [6.07, 6.45) is -23.1. The van der Waals surface area contributed by atoms with Crippen molar-refractivity contribution in [2.75, 3.05) is 26.9 Å². The lowest BCUT2D eigenvalue weighted by Crippen LogP contribution is -2.66. The number of esters is 1. The van der Waals surface area contributed by atoms with Crippen LogP contribution < -0.4 is 0 Å². The summed E-state index contributed by atoms with van der Waals surface area (Å²) >= 11 is 0. The van der Waals surface area contributed by atoms with Gasteiger partial charge in [0, 0.05) is 18.4 Å². The Morgan fingerprint density at radius 1 is 0.792 bits per heavy atom. The van der Waals surface area contributed by atoms with Gasteiger partial charge in [0.15, 0.2) is 25.2 Å². The van der Waals surface area contributed by atoms with Crippen LogP contribution in [0.4, 0.5) is 0 Å². The molecule has 1 spiro atoms. The van der Waals surface area contributed by atoms with Gasteiger partial charge in [-0.3, -0.25) is 9.35 Å². The van der Waals surface area contributed by atoms with Crippen molar-refractivity contribution in [3.05, 3.63) is 23.8 Å². The van der Waals surface area contributed by atoms with Gasteiger partial charge in [0.1, 0.15) is 85.5 Å². The molecule has 9 aliphatic rings. The first-order valence-electron chi connectivity index (χ1n) is 25.0. The molecule has 3 saturated carbocycles. The highest BCUT2D eigenvalue weighted by atomic mass is 32.3. The Bertz CT molecular complexity index is 2160. The third-order valence-electron chi connectivity index (χ3n) is 18.5. The minimum absolute atomic E-state index is 0.0360. The minimum Gasteiger partial charge on any atom is -0.461 e. The van der Waals surface area contributed by atoms with Gasteiger partial charge in [-0.05, 0) is 75.0 Å². The van der Waals surface area contributed by atoms with Crippen LogP contribution in [0.1, 0.15) is 80.1 Å². The minimum atomic E-state index is -5.13. The van der Waals surface area contributed by atoms with E-state index in [1.54, 1.807) is 0 Å². The van der Waals surface area contributed by atoms with Gasteiger partial charge in [0.2, 0.25) is 0 Å². The molecular weight excluding hydrogens is 977 g/mol. The summed E-state index contributed by atoms with van der Waals surface area (Å²) in [5, 5.41) is 88.3. The molecule has 2 bridgehead atoms. The van der Waals surface area contributed by atoms with E-state index in [9.17, 15) is 58.6 Å². The average Bonchev–Trinajstić information content (AvgIpc) is 3.74. The first-order valence-corrected chi connectivity index (χ1v) is 26.4. The number of methoxy groups -OCH3 is 1. The van der Waals surface area contributed by atoms with E-state index in [2.05, 4.69) is 40.3 Å². The lowest BCUT2D eigenvalue weighted by Gasteiger charge is -2.64. The van der Waals surface area contributed by atoms with Gasteiger partial charge in [0.05, 0.1) is 37.4 Å². The van der Waals surface area contributed by atoms with Crippen molar-refractivity contribution in [2.45, 2.75) is 203 Å². The first-order chi connectivity index (χ1) is 33.7. The molecule has 0 aromatic heterocycles. The number of ether oxygens (including phenoxy) is 10. The van der Waals surface area contributed by atoms with Crippen LogP contribution in [0.25, 0.3) is 0 Å². The van der Waals surface area contributed by atoms with E-state index < -0.39 is 151 Å². The largest absolute Gasteiger partial charge is 0.461 e. The van der Waals surface area contributed by atoms with Crippen LogP contribution >= 0.6 is 0 Å². The number of allylic oxidation sites excluding steroid dienone is 2. The Morgan fingerprint density at radius 2 is 1.44 bits per heavy atom. The van der Waals surface area contributed by atoms with Crippen molar-refractivity contribution >= 4 is 16.4 Å². The van der Waals surface area contributed by atoms with Crippen LogP contribution in [0.5, 0.6) is 0 Å². The molecule has 72 heavy (non-hydrogen) atoms. The molecule has 3 unspecified atom stereocenters. The molecule has 5 aliphatic heterocycles. The standard InChI is InChI=1S/C48H74O23S/c1-19(2)29-24-15-47(7)22-9-10-27-45(4,5)28(12-13-46(27,6)21(22)11-14-48(29,47)44(57)66-24)67-43-39(31(52)26(18-63-43)71-72(58,59)60)70-41-33(54)32(53)36(20(3)64-41)68-42-35(56)38(30(51)25(16-49)65-42)69-40-34(55)37(61-8)23(50)17-62-40/h9,20-21,23-43,49-56H,1,10-18H2,2-8H3,(H,58,59,60)/t20?,21-,23+,24+,25-,26+,27-,28-,29-,30+,31-,32+,33+,34-,35?,36+,37-,38-,39?,40-,41-,42-,43-,46+,47-,48-/m0/s1. The van der Waals surface area contributed by atoms with E-state index in [0.717, 1.165) is 24.8 Å². The predicted molar refractivity (Wildman–Crippen MR) is 242 cm³/mol. The number of aliphatic hydroxyl groups is 8. The van der Waals surface area contributed by atoms with Crippen molar-refractivity contribution in [2.24, 2.45) is 39.4 Å². The maximum absolute atomic E-state index is 13.7. The van der Waals surface area contributed by atoms with Gasteiger partial charge in [-0.15, -0.1) is 0 Å². The van der Waals surface area contributed by atoms with Crippen molar-refractivity contribution in [3.63, 3.8) is 0 Å². The second-order valence-corrected chi connectivity index (χ2v) is 23.8. The summed E-state index contributed by atoms with van der Waals surface area (Å²) in [6.45, 7) is 14.8. The van der Waals surface area contributed by atoms with Gasteiger partial charge >= 0.3 is 16.4 Å². The topological polar surface area (TPSA) is 335 Å². The fraction of sp³-hybridized carbons (Fsp3) is 0.896. The Balaban J connectivity index is 0.904. The number of fused-ring (bicyclic) bond motifs is 5. The van der Waals surface area contributed by atoms with Crippen molar-refractivity contribution in [1.82, 2.24) is 0 Å². The van der Waals surface area contributed by atoms with Gasteiger partial charge in [-0.25, -0.2) is 4.18 Å². The molecule has 26 atom stereocenters. The van der Waals surface area contributed by atoms with Crippen molar-refractivity contribution < 1.29 is 110 Å². The molecule has 23 nitrogen and oxygen atoms in total. The highest BCUT2D eigenvalue weighted by molar-refractivity contribution is 7.80. The Morgan fingerprint density at radius 3 is 2.11 bits per heavy atom. The van der Waals surface area contributed by atoms with Gasteiger partial charge in [-0.2, -0.15) is 8.42 Å². The maximum atomic E-state index is 13.7. The molecule has 0 aromatic carbocycles. The second-order valence-electron chi connectivity index (χ2n) is 22.7. The van der Waals surface area contributed by atoms with Crippen molar-refractivity contribution in [3.8, 4) is 0 Å². The predicted octanol–water partition coefficient (Wildman–Crippen LogP) is -0.872. The molecule has 0 amide bonds. The normalized spacial score (nSPS) is 52.1. The SMILES string of the molecule is C=C(C)[C@H]1[C@H]2C[C@@]3(C)C4=CC[C@H]5C(C)(C)[C@@H](O[C@@H]6OC[C@@H](OS(=O)(=O)O)[C@H](O)C6O[C@@H]6OC(C)[C@@H](O[C@@H]7O[C@@H](CO)[C@@H](O)[C@H](O[C@@H]8OC[C@@H](O)[C@H](OC)[C@@H]8O)C7O)[C@H](O)[C@H]6O)CC[C@]5(C)[C@H]4CC[C@@]13C(=O)O2. The van der Waals surface area contributed by atoms with E-state index in [0.29, 0.717) is 19.3 Å². The summed E-state index contributed by atoms with van der Waals surface area (Å²) in [6, 6.07) is 0. The number of carbonyl (C=O) groups is 1. The Labute approximate surface area is 418 Å². The molecular formula is C48H74O23S. The van der Waals surface area contributed by atoms with Crippen LogP contribution in [-0.4, -0.2) is 210 Å². The zero-order chi connectivity index (χ0) is 52.4. The van der Waals surface area contributed by atoms with Crippen LogP contribution in [0.15, 0.2) is 23.8 Å². The van der Waals surface area contributed by atoms with E-state index in [-0.39, 0.29) is 47.3 Å². The number of hydrogen-bond donors (Lipinski definition) is 9. The van der Waals surface area contributed by atoms with Crippen molar-refractivity contribution in [1.29, 1.82) is 0 Å². The fourth-order valence-corrected chi connectivity index (χ4v) is 15.4. The molecule has 24 heteroatoms. The summed E-state index contributed by atoms with van der Waals surface area (Å²) in [5.74, 6) is 0.106. The third kappa shape index (κ3) is 8.87. The molecule has 9 N–H and O–H groups in total. The third-order valence-corrected chi connectivity index (χ3v) is 18.9. The molecule has 4 aliphatic carbocycles. The molecule has 5 saturated heterocycles.